The molecule has 1 aliphatic heterocycles. The van der Waals surface area contributed by atoms with Crippen LogP contribution in [0, 0.1) is 6.92 Å². The summed E-state index contributed by atoms with van der Waals surface area (Å²) in [5.74, 6) is 0.190. The van der Waals surface area contributed by atoms with E-state index in [9.17, 15) is 9.59 Å². The number of methoxy groups -OCH3 is 3. The Morgan fingerprint density at radius 1 is 0.974 bits per heavy atom. The van der Waals surface area contributed by atoms with Crippen molar-refractivity contribution in [3.63, 3.8) is 0 Å². The molecule has 1 atom stereocenters. The summed E-state index contributed by atoms with van der Waals surface area (Å²) in [6.07, 6.45) is 0.595. The van der Waals surface area contributed by atoms with Gasteiger partial charge in [0, 0.05) is 23.3 Å². The molecule has 0 radical (unpaired) electrons. The Hall–Kier alpha value is -3.64. The molecule has 0 spiro atoms. The van der Waals surface area contributed by atoms with Gasteiger partial charge in [0.1, 0.15) is 0 Å². The minimum Gasteiger partial charge on any atom is -0.493 e. The fourth-order valence-corrected chi connectivity index (χ4v) is 5.04. The molecular formula is C26H23Br2N3O7. The first-order valence-electron chi connectivity index (χ1n) is 11.2. The van der Waals surface area contributed by atoms with Gasteiger partial charge in [-0.15, -0.1) is 5.10 Å². The summed E-state index contributed by atoms with van der Waals surface area (Å²) in [5, 5.41) is 5.55. The lowest BCUT2D eigenvalue weighted by atomic mass is 10.1. The van der Waals surface area contributed by atoms with Crippen molar-refractivity contribution in [2.24, 2.45) is 5.10 Å². The minimum absolute atomic E-state index is 0.140. The van der Waals surface area contributed by atoms with Crippen molar-refractivity contribution in [1.29, 1.82) is 0 Å². The summed E-state index contributed by atoms with van der Waals surface area (Å²) in [4.78, 5) is 30.1. The van der Waals surface area contributed by atoms with Crippen LogP contribution in [0.5, 0.6) is 23.0 Å². The molecule has 0 N–H and O–H groups in total. The van der Waals surface area contributed by atoms with Crippen molar-refractivity contribution in [1.82, 2.24) is 9.99 Å². The molecule has 1 aromatic heterocycles. The number of aromatic nitrogens is 1. The molecule has 198 valence electrons. The average Bonchev–Trinajstić information content (AvgIpc) is 3.35. The van der Waals surface area contributed by atoms with E-state index in [1.54, 1.807) is 24.4 Å². The number of nitrogens with zero attached hydrogens (tertiary/aromatic N) is 3. The molecule has 12 heteroatoms. The molecule has 0 fully saturated rings. The van der Waals surface area contributed by atoms with E-state index in [4.69, 9.17) is 23.7 Å². The van der Waals surface area contributed by atoms with E-state index in [0.717, 1.165) is 5.69 Å². The van der Waals surface area contributed by atoms with E-state index in [1.807, 2.05) is 13.0 Å². The zero-order valence-corrected chi connectivity index (χ0v) is 24.2. The van der Waals surface area contributed by atoms with Crippen LogP contribution in [0.4, 0.5) is 0 Å². The predicted molar refractivity (Wildman–Crippen MR) is 145 cm³/mol. The quantitative estimate of drug-likeness (QED) is 0.248. The fraction of sp³-hybridized carbons (Fsp3) is 0.231. The number of ether oxygens (including phenoxy) is 5. The maximum atomic E-state index is 13.3. The fourth-order valence-electron chi connectivity index (χ4n) is 3.70. The second kappa shape index (κ2) is 11.4. The lowest BCUT2D eigenvalue weighted by molar-refractivity contribution is -0.135. The van der Waals surface area contributed by atoms with Crippen LogP contribution in [-0.2, 0) is 9.53 Å². The summed E-state index contributed by atoms with van der Waals surface area (Å²) < 4.78 is 29.1. The van der Waals surface area contributed by atoms with Crippen LogP contribution >= 0.6 is 31.9 Å². The molecule has 1 unspecified atom stereocenters. The topological polar surface area (TPSA) is 109 Å². The standard InChI is InChI=1S/C26H23Br2N3O7/c1-13-6-7-15(12-29-13)24-30-31(14(2)32)25(38-24)18-10-17(27)11-19(28)22(18)37-26(33)16-8-20(34-3)23(36-5)21(9-16)35-4/h6-12,25H,1-5H3. The molecular weight excluding hydrogens is 626 g/mol. The number of aryl methyl sites for hydroxylation is 1. The number of esters is 1. The lowest BCUT2D eigenvalue weighted by Crippen LogP contribution is -2.26. The second-order valence-corrected chi connectivity index (χ2v) is 9.81. The lowest BCUT2D eigenvalue weighted by Gasteiger charge is -2.22. The Labute approximate surface area is 235 Å². The first-order chi connectivity index (χ1) is 18.2. The van der Waals surface area contributed by atoms with Crippen molar-refractivity contribution in [3.05, 3.63) is 73.9 Å². The van der Waals surface area contributed by atoms with Gasteiger partial charge in [0.2, 0.25) is 23.8 Å². The monoisotopic (exact) mass is 647 g/mol. The number of rotatable bonds is 7. The zero-order chi connectivity index (χ0) is 27.6. The molecule has 4 rings (SSSR count). The van der Waals surface area contributed by atoms with Gasteiger partial charge in [-0.25, -0.2) is 4.79 Å². The molecule has 38 heavy (non-hydrogen) atoms. The molecule has 1 amide bonds. The molecule has 0 bridgehead atoms. The highest BCUT2D eigenvalue weighted by Crippen LogP contribution is 2.43. The Morgan fingerprint density at radius 3 is 2.21 bits per heavy atom. The average molecular weight is 649 g/mol. The van der Waals surface area contributed by atoms with E-state index in [1.165, 1.54) is 45.4 Å². The van der Waals surface area contributed by atoms with Crippen molar-refractivity contribution in [2.45, 2.75) is 20.1 Å². The van der Waals surface area contributed by atoms with E-state index in [2.05, 4.69) is 41.9 Å². The summed E-state index contributed by atoms with van der Waals surface area (Å²) in [7, 11) is 4.37. The predicted octanol–water partition coefficient (Wildman–Crippen LogP) is 5.40. The molecule has 0 aliphatic carbocycles. The van der Waals surface area contributed by atoms with Gasteiger partial charge in [-0.1, -0.05) is 15.9 Å². The number of halogens is 2. The highest BCUT2D eigenvalue weighted by Gasteiger charge is 2.37. The third kappa shape index (κ3) is 5.46. The third-order valence-corrected chi connectivity index (χ3v) is 6.57. The molecule has 0 saturated carbocycles. The highest BCUT2D eigenvalue weighted by molar-refractivity contribution is 9.11. The first kappa shape index (κ1) is 27.4. The van der Waals surface area contributed by atoms with E-state index in [0.29, 0.717) is 37.3 Å². The largest absolute Gasteiger partial charge is 0.493 e. The van der Waals surface area contributed by atoms with Gasteiger partial charge in [-0.3, -0.25) is 9.78 Å². The normalized spacial score (nSPS) is 14.4. The van der Waals surface area contributed by atoms with Crippen molar-refractivity contribution < 1.29 is 33.3 Å². The number of hydrogen-bond donors (Lipinski definition) is 0. The van der Waals surface area contributed by atoms with Gasteiger partial charge in [-0.2, -0.15) is 5.01 Å². The van der Waals surface area contributed by atoms with Gasteiger partial charge < -0.3 is 23.7 Å². The Bertz CT molecular complexity index is 1400. The zero-order valence-electron chi connectivity index (χ0n) is 21.1. The van der Waals surface area contributed by atoms with Crippen LogP contribution in [0.25, 0.3) is 0 Å². The highest BCUT2D eigenvalue weighted by atomic mass is 79.9. The number of hydrogen-bond acceptors (Lipinski definition) is 9. The summed E-state index contributed by atoms with van der Waals surface area (Å²) in [6.45, 7) is 3.23. The molecule has 2 heterocycles. The number of amides is 1. The number of carbonyl (C=O) groups excluding carboxylic acids is 2. The van der Waals surface area contributed by atoms with Gasteiger partial charge in [0.05, 0.1) is 42.5 Å². The molecule has 0 saturated heterocycles. The number of pyridine rings is 1. The molecule has 2 aromatic carbocycles. The van der Waals surface area contributed by atoms with Crippen LogP contribution in [0.3, 0.4) is 0 Å². The SMILES string of the molecule is COc1cc(C(=O)Oc2c(Br)cc(Br)cc2C2OC(c3ccc(C)nc3)=NN2C(C)=O)cc(OC)c1OC. The number of hydrazone groups is 1. The molecule has 1 aliphatic rings. The number of carbonyl (C=O) groups is 2. The summed E-state index contributed by atoms with van der Waals surface area (Å²) in [5.41, 5.74) is 1.94. The van der Waals surface area contributed by atoms with Gasteiger partial charge >= 0.3 is 5.97 Å². The third-order valence-electron chi connectivity index (χ3n) is 5.52. The van der Waals surface area contributed by atoms with Gasteiger partial charge in [-0.05, 0) is 59.3 Å². The van der Waals surface area contributed by atoms with Crippen LogP contribution in [-0.4, -0.2) is 49.1 Å². The van der Waals surface area contributed by atoms with Crippen molar-refractivity contribution >= 4 is 49.6 Å². The van der Waals surface area contributed by atoms with Gasteiger partial charge in [0.25, 0.3) is 0 Å². The Balaban J connectivity index is 1.73. The minimum atomic E-state index is -1.01. The van der Waals surface area contributed by atoms with E-state index < -0.39 is 12.2 Å². The van der Waals surface area contributed by atoms with Crippen molar-refractivity contribution in [2.75, 3.05) is 21.3 Å². The van der Waals surface area contributed by atoms with Crippen LogP contribution < -0.4 is 18.9 Å². The first-order valence-corrected chi connectivity index (χ1v) is 12.7. The maximum absolute atomic E-state index is 13.3. The Morgan fingerprint density at radius 2 is 1.66 bits per heavy atom. The van der Waals surface area contributed by atoms with E-state index >= 15 is 0 Å². The Kier molecular flexibility index (Phi) is 8.22. The van der Waals surface area contributed by atoms with Gasteiger partial charge in [0.15, 0.2) is 17.2 Å². The van der Waals surface area contributed by atoms with Crippen LogP contribution in [0.2, 0.25) is 0 Å². The van der Waals surface area contributed by atoms with Crippen LogP contribution in [0.15, 0.2) is 56.6 Å². The van der Waals surface area contributed by atoms with E-state index in [-0.39, 0.29) is 23.1 Å². The summed E-state index contributed by atoms with van der Waals surface area (Å²) in [6, 6.07) is 9.97. The maximum Gasteiger partial charge on any atom is 0.343 e. The summed E-state index contributed by atoms with van der Waals surface area (Å²) >= 11 is 6.93. The molecule has 10 nitrogen and oxygen atoms in total. The molecule has 3 aromatic rings. The van der Waals surface area contributed by atoms with Crippen molar-refractivity contribution in [3.8, 4) is 23.0 Å². The second-order valence-electron chi connectivity index (χ2n) is 8.04. The smallest absolute Gasteiger partial charge is 0.343 e. The number of benzene rings is 2. The van der Waals surface area contributed by atoms with Crippen LogP contribution in [0.1, 0.15) is 40.3 Å².